The fourth-order valence-corrected chi connectivity index (χ4v) is 3.14. The lowest BCUT2D eigenvalue weighted by molar-refractivity contribution is 0.0196. The third-order valence-electron chi connectivity index (χ3n) is 4.48. The van der Waals surface area contributed by atoms with Crippen LogP contribution in [0.15, 0.2) is 30.6 Å². The SMILES string of the molecule is Cc1ccc(-c2cnc(Cl)cc2NC2CCC(C)(O)CC2)nc1. The monoisotopic (exact) mass is 331 g/mol. The Bertz CT molecular complexity index is 675. The Labute approximate surface area is 141 Å². The Balaban J connectivity index is 1.84. The number of hydrogen-bond acceptors (Lipinski definition) is 4. The third kappa shape index (κ3) is 4.01. The van der Waals surface area contributed by atoms with E-state index in [-0.39, 0.29) is 0 Å². The van der Waals surface area contributed by atoms with Crippen molar-refractivity contribution in [1.29, 1.82) is 0 Å². The smallest absolute Gasteiger partial charge is 0.131 e. The first kappa shape index (κ1) is 16.2. The summed E-state index contributed by atoms with van der Waals surface area (Å²) < 4.78 is 0. The summed E-state index contributed by atoms with van der Waals surface area (Å²) in [5, 5.41) is 14.1. The minimum atomic E-state index is -0.532. The Kier molecular flexibility index (Phi) is 4.55. The van der Waals surface area contributed by atoms with Crippen LogP contribution in [0, 0.1) is 6.92 Å². The molecule has 0 radical (unpaired) electrons. The van der Waals surface area contributed by atoms with Crippen LogP contribution in [-0.4, -0.2) is 26.7 Å². The molecule has 1 aliphatic carbocycles. The number of aryl methyl sites for hydroxylation is 1. The van der Waals surface area contributed by atoms with Gasteiger partial charge in [-0.3, -0.25) is 4.98 Å². The molecule has 2 aromatic heterocycles. The van der Waals surface area contributed by atoms with Crippen molar-refractivity contribution in [2.75, 3.05) is 5.32 Å². The van der Waals surface area contributed by atoms with Crippen LogP contribution in [0.1, 0.15) is 38.2 Å². The van der Waals surface area contributed by atoms with Crippen LogP contribution in [0.4, 0.5) is 5.69 Å². The van der Waals surface area contributed by atoms with Gasteiger partial charge < -0.3 is 10.4 Å². The molecular formula is C18H22ClN3O. The maximum absolute atomic E-state index is 10.1. The highest BCUT2D eigenvalue weighted by atomic mass is 35.5. The summed E-state index contributed by atoms with van der Waals surface area (Å²) in [6.45, 7) is 3.93. The molecule has 4 nitrogen and oxygen atoms in total. The Morgan fingerprint density at radius 2 is 1.96 bits per heavy atom. The summed E-state index contributed by atoms with van der Waals surface area (Å²) in [5.74, 6) is 0. The van der Waals surface area contributed by atoms with Gasteiger partial charge in [0, 0.05) is 29.7 Å². The van der Waals surface area contributed by atoms with Crippen molar-refractivity contribution in [3.63, 3.8) is 0 Å². The molecule has 0 aliphatic heterocycles. The largest absolute Gasteiger partial charge is 0.390 e. The van der Waals surface area contributed by atoms with Crippen LogP contribution in [0.5, 0.6) is 0 Å². The molecule has 0 unspecified atom stereocenters. The van der Waals surface area contributed by atoms with Crippen LogP contribution in [0.25, 0.3) is 11.3 Å². The summed E-state index contributed by atoms with van der Waals surface area (Å²) >= 11 is 6.08. The lowest BCUT2D eigenvalue weighted by atomic mass is 9.83. The van der Waals surface area contributed by atoms with Gasteiger partial charge in [-0.1, -0.05) is 17.7 Å². The molecule has 23 heavy (non-hydrogen) atoms. The molecule has 2 N–H and O–H groups in total. The van der Waals surface area contributed by atoms with E-state index in [2.05, 4.69) is 15.3 Å². The molecule has 0 bridgehead atoms. The highest BCUT2D eigenvalue weighted by Crippen LogP contribution is 2.33. The van der Waals surface area contributed by atoms with Gasteiger partial charge in [-0.25, -0.2) is 4.98 Å². The van der Waals surface area contributed by atoms with E-state index >= 15 is 0 Å². The summed E-state index contributed by atoms with van der Waals surface area (Å²) in [7, 11) is 0. The zero-order chi connectivity index (χ0) is 16.4. The molecule has 0 saturated heterocycles. The number of pyridine rings is 2. The molecule has 0 aromatic carbocycles. The van der Waals surface area contributed by atoms with Crippen molar-refractivity contribution in [3.8, 4) is 11.3 Å². The minimum Gasteiger partial charge on any atom is -0.390 e. The van der Waals surface area contributed by atoms with E-state index in [1.807, 2.05) is 38.2 Å². The molecule has 122 valence electrons. The molecule has 1 aliphatic rings. The number of halogens is 1. The molecule has 2 aromatic rings. The van der Waals surface area contributed by atoms with Crippen LogP contribution in [-0.2, 0) is 0 Å². The van der Waals surface area contributed by atoms with Gasteiger partial charge in [-0.2, -0.15) is 0 Å². The van der Waals surface area contributed by atoms with Crippen molar-refractivity contribution >= 4 is 17.3 Å². The van der Waals surface area contributed by atoms with E-state index < -0.39 is 5.60 Å². The predicted molar refractivity (Wildman–Crippen MR) is 93.7 cm³/mol. The van der Waals surface area contributed by atoms with Gasteiger partial charge >= 0.3 is 0 Å². The highest BCUT2D eigenvalue weighted by Gasteiger charge is 2.28. The quantitative estimate of drug-likeness (QED) is 0.827. The Morgan fingerprint density at radius 1 is 1.22 bits per heavy atom. The van der Waals surface area contributed by atoms with Crippen molar-refractivity contribution < 1.29 is 5.11 Å². The second-order valence-corrected chi connectivity index (χ2v) is 7.08. The van der Waals surface area contributed by atoms with E-state index in [1.165, 1.54) is 0 Å². The average Bonchev–Trinajstić information content (AvgIpc) is 2.51. The van der Waals surface area contributed by atoms with Gasteiger partial charge in [0.05, 0.1) is 11.3 Å². The number of anilines is 1. The molecule has 0 amide bonds. The van der Waals surface area contributed by atoms with Crippen molar-refractivity contribution in [2.45, 2.75) is 51.2 Å². The summed E-state index contributed by atoms with van der Waals surface area (Å²) in [5.41, 5.74) is 3.37. The van der Waals surface area contributed by atoms with Crippen molar-refractivity contribution in [2.24, 2.45) is 0 Å². The van der Waals surface area contributed by atoms with Crippen LogP contribution >= 0.6 is 11.6 Å². The summed E-state index contributed by atoms with van der Waals surface area (Å²) in [6.07, 6.45) is 7.11. The maximum atomic E-state index is 10.1. The number of nitrogens with one attached hydrogen (secondary N) is 1. The average molecular weight is 332 g/mol. The van der Waals surface area contributed by atoms with Gasteiger partial charge in [0.15, 0.2) is 0 Å². The number of rotatable bonds is 3. The second-order valence-electron chi connectivity index (χ2n) is 6.69. The van der Waals surface area contributed by atoms with Crippen LogP contribution in [0.2, 0.25) is 5.15 Å². The van der Waals surface area contributed by atoms with E-state index in [0.717, 1.165) is 48.2 Å². The molecule has 0 spiro atoms. The van der Waals surface area contributed by atoms with E-state index in [4.69, 9.17) is 11.6 Å². The first-order valence-corrected chi connectivity index (χ1v) is 8.38. The fraction of sp³-hybridized carbons (Fsp3) is 0.444. The molecular weight excluding hydrogens is 310 g/mol. The Hall–Kier alpha value is -1.65. The first-order chi connectivity index (χ1) is 10.9. The van der Waals surface area contributed by atoms with Gasteiger partial charge in [0.2, 0.25) is 0 Å². The lowest BCUT2D eigenvalue weighted by Crippen LogP contribution is -2.35. The fourth-order valence-electron chi connectivity index (χ4n) is 2.98. The minimum absolute atomic E-state index is 0.331. The number of hydrogen-bond donors (Lipinski definition) is 2. The van der Waals surface area contributed by atoms with E-state index in [9.17, 15) is 5.11 Å². The number of nitrogens with zero attached hydrogens (tertiary/aromatic N) is 2. The van der Waals surface area contributed by atoms with E-state index in [0.29, 0.717) is 11.2 Å². The first-order valence-electron chi connectivity index (χ1n) is 8.00. The van der Waals surface area contributed by atoms with E-state index in [1.54, 1.807) is 6.20 Å². The molecule has 5 heteroatoms. The summed E-state index contributed by atoms with van der Waals surface area (Å²) in [4.78, 5) is 8.69. The Morgan fingerprint density at radius 3 is 2.61 bits per heavy atom. The second kappa shape index (κ2) is 6.46. The molecule has 0 atom stereocenters. The zero-order valence-corrected chi connectivity index (χ0v) is 14.3. The number of aromatic nitrogens is 2. The van der Waals surface area contributed by atoms with Crippen LogP contribution < -0.4 is 5.32 Å². The standard InChI is InChI=1S/C18H22ClN3O/c1-12-3-4-15(20-10-12)14-11-21-17(19)9-16(14)22-13-5-7-18(2,23)8-6-13/h3-4,9-11,13,23H,5-8H2,1-2H3,(H,21,22). The van der Waals surface area contributed by atoms with Crippen LogP contribution in [0.3, 0.4) is 0 Å². The molecule has 1 fully saturated rings. The van der Waals surface area contributed by atoms with Gasteiger partial charge in [0.1, 0.15) is 5.15 Å². The topological polar surface area (TPSA) is 58.0 Å². The molecule has 1 saturated carbocycles. The normalized spacial score (nSPS) is 24.4. The van der Waals surface area contributed by atoms with Crippen molar-refractivity contribution in [3.05, 3.63) is 41.3 Å². The lowest BCUT2D eigenvalue weighted by Gasteiger charge is -2.34. The van der Waals surface area contributed by atoms with Gasteiger partial charge in [0.25, 0.3) is 0 Å². The van der Waals surface area contributed by atoms with Gasteiger partial charge in [-0.05, 0) is 57.2 Å². The molecule has 3 rings (SSSR count). The molecule has 2 heterocycles. The van der Waals surface area contributed by atoms with Gasteiger partial charge in [-0.15, -0.1) is 0 Å². The maximum Gasteiger partial charge on any atom is 0.131 e. The zero-order valence-electron chi connectivity index (χ0n) is 13.5. The summed E-state index contributed by atoms with van der Waals surface area (Å²) in [6, 6.07) is 6.22. The number of aliphatic hydroxyl groups is 1. The predicted octanol–water partition coefficient (Wildman–Crippen LogP) is 4.21. The highest BCUT2D eigenvalue weighted by molar-refractivity contribution is 6.29. The third-order valence-corrected chi connectivity index (χ3v) is 4.69. The van der Waals surface area contributed by atoms with Crippen molar-refractivity contribution in [1.82, 2.24) is 9.97 Å².